The smallest absolute Gasteiger partial charge is 0.478 e. The van der Waals surface area contributed by atoms with Gasteiger partial charge >= 0.3 is 12.3 Å². The highest BCUT2D eigenvalue weighted by molar-refractivity contribution is 6.15. The van der Waals surface area contributed by atoms with E-state index in [9.17, 15) is 13.6 Å². The molecule has 0 saturated carbocycles. The number of alkyl halides is 2. The van der Waals surface area contributed by atoms with Gasteiger partial charge in [-0.05, 0) is 6.07 Å². The molecular formula is C10H6F2O4. The number of benzene rings is 1. The summed E-state index contributed by atoms with van der Waals surface area (Å²) < 4.78 is 33.9. The largest absolute Gasteiger partial charge is 0.586 e. The topological polar surface area (TPSA) is 55.8 Å². The van der Waals surface area contributed by atoms with E-state index in [1.807, 2.05) is 0 Å². The van der Waals surface area contributed by atoms with Gasteiger partial charge in [-0.1, -0.05) is 18.7 Å². The molecule has 0 spiro atoms. The summed E-state index contributed by atoms with van der Waals surface area (Å²) in [6.07, 6.45) is -3.77. The Morgan fingerprint density at radius 3 is 2.69 bits per heavy atom. The Hall–Kier alpha value is -2.11. The van der Waals surface area contributed by atoms with Crippen molar-refractivity contribution in [3.05, 3.63) is 30.3 Å². The van der Waals surface area contributed by atoms with Crippen LogP contribution in [0.4, 0.5) is 8.78 Å². The first kappa shape index (κ1) is 10.4. The second kappa shape index (κ2) is 3.19. The van der Waals surface area contributed by atoms with Crippen LogP contribution in [0.2, 0.25) is 0 Å². The first-order chi connectivity index (χ1) is 7.41. The summed E-state index contributed by atoms with van der Waals surface area (Å²) in [5.41, 5.74) is -0.361. The van der Waals surface area contributed by atoms with Crippen LogP contribution in [-0.4, -0.2) is 17.4 Å². The number of hydrogen-bond donors (Lipinski definition) is 1. The van der Waals surface area contributed by atoms with Crippen LogP contribution in [0.25, 0.3) is 5.57 Å². The summed E-state index contributed by atoms with van der Waals surface area (Å²) in [7, 11) is 0. The third-order valence-electron chi connectivity index (χ3n) is 2.01. The number of rotatable bonds is 2. The molecule has 0 aliphatic carbocycles. The van der Waals surface area contributed by atoms with E-state index in [1.165, 1.54) is 18.2 Å². The van der Waals surface area contributed by atoms with Crippen molar-refractivity contribution < 1.29 is 28.2 Å². The van der Waals surface area contributed by atoms with E-state index in [-0.39, 0.29) is 22.6 Å². The van der Waals surface area contributed by atoms with E-state index >= 15 is 0 Å². The first-order valence-corrected chi connectivity index (χ1v) is 4.22. The minimum Gasteiger partial charge on any atom is -0.478 e. The van der Waals surface area contributed by atoms with Crippen molar-refractivity contribution in [2.24, 2.45) is 0 Å². The number of aliphatic carboxylic acids is 1. The summed E-state index contributed by atoms with van der Waals surface area (Å²) in [4.78, 5) is 10.7. The third kappa shape index (κ3) is 1.58. The number of fused-ring (bicyclic) bond motifs is 1. The second-order valence-corrected chi connectivity index (χ2v) is 3.08. The highest BCUT2D eigenvalue weighted by Gasteiger charge is 2.44. The Labute approximate surface area is 88.7 Å². The standard InChI is InChI=1S/C10H6F2O4/c1-5(9(13)14)6-3-2-4-7-8(6)16-10(11,12)15-7/h2-4H,1H2,(H,13,14). The van der Waals surface area contributed by atoms with E-state index in [1.54, 1.807) is 0 Å². The predicted molar refractivity (Wildman–Crippen MR) is 49.3 cm³/mol. The van der Waals surface area contributed by atoms with Crippen LogP contribution in [0, 0.1) is 0 Å². The molecule has 1 aromatic rings. The number of para-hydroxylation sites is 1. The van der Waals surface area contributed by atoms with E-state index in [2.05, 4.69) is 16.1 Å². The molecule has 1 N–H and O–H groups in total. The Kier molecular flexibility index (Phi) is 2.08. The molecule has 0 aromatic heterocycles. The van der Waals surface area contributed by atoms with Crippen LogP contribution < -0.4 is 9.47 Å². The molecule has 84 valence electrons. The zero-order valence-electron chi connectivity index (χ0n) is 7.87. The normalized spacial score (nSPS) is 15.9. The van der Waals surface area contributed by atoms with Crippen molar-refractivity contribution in [3.8, 4) is 11.5 Å². The number of carbonyl (C=O) groups is 1. The quantitative estimate of drug-likeness (QED) is 0.787. The van der Waals surface area contributed by atoms with Gasteiger partial charge in [0.2, 0.25) is 0 Å². The van der Waals surface area contributed by atoms with Gasteiger partial charge in [-0.3, -0.25) is 0 Å². The monoisotopic (exact) mass is 228 g/mol. The lowest BCUT2D eigenvalue weighted by Gasteiger charge is -2.06. The molecule has 6 heteroatoms. The van der Waals surface area contributed by atoms with Crippen molar-refractivity contribution in [1.82, 2.24) is 0 Å². The van der Waals surface area contributed by atoms with Gasteiger partial charge in [0.25, 0.3) is 0 Å². The average Bonchev–Trinajstić information content (AvgIpc) is 2.49. The number of carboxylic acid groups (broad SMARTS) is 1. The summed E-state index contributed by atoms with van der Waals surface area (Å²) >= 11 is 0. The van der Waals surface area contributed by atoms with Crippen molar-refractivity contribution in [3.63, 3.8) is 0 Å². The van der Waals surface area contributed by atoms with Crippen LogP contribution in [0.5, 0.6) is 11.5 Å². The van der Waals surface area contributed by atoms with Crippen molar-refractivity contribution in [1.29, 1.82) is 0 Å². The maximum Gasteiger partial charge on any atom is 0.586 e. The van der Waals surface area contributed by atoms with Crippen molar-refractivity contribution in [2.45, 2.75) is 6.29 Å². The number of ether oxygens (including phenoxy) is 2. The lowest BCUT2D eigenvalue weighted by atomic mass is 10.1. The summed E-state index contributed by atoms with van der Waals surface area (Å²) in [5.74, 6) is -1.82. The molecule has 16 heavy (non-hydrogen) atoms. The summed E-state index contributed by atoms with van der Waals surface area (Å²) in [6, 6.07) is 3.96. The molecule has 1 aliphatic heterocycles. The molecule has 0 bridgehead atoms. The SMILES string of the molecule is C=C(C(=O)O)c1cccc2c1OC(F)(F)O2. The fourth-order valence-corrected chi connectivity index (χ4v) is 1.32. The second-order valence-electron chi connectivity index (χ2n) is 3.08. The van der Waals surface area contributed by atoms with Gasteiger partial charge in [0.15, 0.2) is 11.5 Å². The summed E-state index contributed by atoms with van der Waals surface area (Å²) in [5, 5.41) is 8.71. The maximum atomic E-state index is 12.8. The van der Waals surface area contributed by atoms with Crippen LogP contribution in [0.1, 0.15) is 5.56 Å². The fraction of sp³-hybridized carbons (Fsp3) is 0.100. The van der Waals surface area contributed by atoms with E-state index in [0.29, 0.717) is 0 Å². The molecule has 0 unspecified atom stereocenters. The zero-order valence-corrected chi connectivity index (χ0v) is 7.87. The highest BCUT2D eigenvalue weighted by atomic mass is 19.3. The van der Waals surface area contributed by atoms with E-state index in [0.717, 1.165) is 0 Å². The molecule has 0 amide bonds. The molecule has 0 fully saturated rings. The fourth-order valence-electron chi connectivity index (χ4n) is 1.32. The molecule has 2 rings (SSSR count). The molecule has 1 aliphatic rings. The average molecular weight is 228 g/mol. The lowest BCUT2D eigenvalue weighted by Crippen LogP contribution is -2.26. The number of hydrogen-bond acceptors (Lipinski definition) is 3. The number of carboxylic acids is 1. The molecular weight excluding hydrogens is 222 g/mol. The first-order valence-electron chi connectivity index (χ1n) is 4.22. The molecule has 4 nitrogen and oxygen atoms in total. The van der Waals surface area contributed by atoms with Gasteiger partial charge in [0, 0.05) is 5.56 Å². The van der Waals surface area contributed by atoms with Gasteiger partial charge in [-0.25, -0.2) is 4.79 Å². The van der Waals surface area contributed by atoms with Gasteiger partial charge in [-0.2, -0.15) is 0 Å². The molecule has 0 saturated heterocycles. The molecule has 1 aromatic carbocycles. The van der Waals surface area contributed by atoms with Crippen molar-refractivity contribution in [2.75, 3.05) is 0 Å². The van der Waals surface area contributed by atoms with Gasteiger partial charge in [0.1, 0.15) is 0 Å². The molecule has 0 atom stereocenters. The Morgan fingerprint density at radius 2 is 2.06 bits per heavy atom. The Morgan fingerprint density at radius 1 is 1.38 bits per heavy atom. The van der Waals surface area contributed by atoms with E-state index in [4.69, 9.17) is 5.11 Å². The van der Waals surface area contributed by atoms with Crippen LogP contribution in [-0.2, 0) is 4.79 Å². The van der Waals surface area contributed by atoms with Crippen LogP contribution in [0.15, 0.2) is 24.8 Å². The Balaban J connectivity index is 2.49. The maximum absolute atomic E-state index is 12.8. The van der Waals surface area contributed by atoms with Crippen LogP contribution in [0.3, 0.4) is 0 Å². The molecule has 1 heterocycles. The minimum atomic E-state index is -3.77. The zero-order chi connectivity index (χ0) is 11.9. The number of halogens is 2. The van der Waals surface area contributed by atoms with Crippen molar-refractivity contribution >= 4 is 11.5 Å². The Bertz CT molecular complexity index is 482. The lowest BCUT2D eigenvalue weighted by molar-refractivity contribution is -0.286. The van der Waals surface area contributed by atoms with Gasteiger partial charge in [-0.15, -0.1) is 8.78 Å². The summed E-state index contributed by atoms with van der Waals surface area (Å²) in [6.45, 7) is 3.27. The molecule has 0 radical (unpaired) electrons. The minimum absolute atomic E-state index is 0.0258. The predicted octanol–water partition coefficient (Wildman–Crippen LogP) is 2.11. The van der Waals surface area contributed by atoms with Crippen LogP contribution >= 0.6 is 0 Å². The highest BCUT2D eigenvalue weighted by Crippen LogP contribution is 2.44. The van der Waals surface area contributed by atoms with Gasteiger partial charge < -0.3 is 14.6 Å². The van der Waals surface area contributed by atoms with E-state index < -0.39 is 12.3 Å². The third-order valence-corrected chi connectivity index (χ3v) is 2.01. The van der Waals surface area contributed by atoms with Gasteiger partial charge in [0.05, 0.1) is 5.57 Å².